The van der Waals surface area contributed by atoms with Gasteiger partial charge < -0.3 is 19.2 Å². The first-order chi connectivity index (χ1) is 18.3. The van der Waals surface area contributed by atoms with Crippen LogP contribution in [0.2, 0.25) is 10.0 Å². The van der Waals surface area contributed by atoms with E-state index in [4.69, 9.17) is 37.1 Å². The number of halogens is 2. The van der Waals surface area contributed by atoms with E-state index in [2.05, 4.69) is 5.32 Å². The maximum absolute atomic E-state index is 13.4. The number of anilines is 1. The molecule has 1 amide bonds. The van der Waals surface area contributed by atoms with E-state index in [1.165, 1.54) is 12.1 Å². The molecule has 1 aromatic heterocycles. The molecule has 0 aliphatic rings. The number of nitrogens with one attached hydrogen (secondary N) is 1. The Hall–Kier alpha value is -3.81. The van der Waals surface area contributed by atoms with Crippen molar-refractivity contribution in [2.75, 3.05) is 18.5 Å². The van der Waals surface area contributed by atoms with E-state index in [1.807, 2.05) is 6.92 Å². The number of esters is 1. The van der Waals surface area contributed by atoms with Gasteiger partial charge in [-0.2, -0.15) is 0 Å². The third-order valence-electron chi connectivity index (χ3n) is 5.70. The zero-order valence-corrected chi connectivity index (χ0v) is 22.3. The molecule has 0 spiro atoms. The van der Waals surface area contributed by atoms with Gasteiger partial charge in [-0.15, -0.1) is 0 Å². The van der Waals surface area contributed by atoms with Crippen LogP contribution in [0.3, 0.4) is 0 Å². The number of rotatable bonds is 9. The fourth-order valence-electron chi connectivity index (χ4n) is 3.67. The Kier molecular flexibility index (Phi) is 8.71. The Labute approximate surface area is 229 Å². The Bertz CT molecular complexity index is 1550. The van der Waals surface area contributed by atoms with Crippen LogP contribution in [-0.4, -0.2) is 25.1 Å². The standard InChI is InChI=1S/C29H25Cl2NO6/c1-3-4-12-36-29(35)19-6-5-7-21(14-19)32-25(33)16-37-28-26(34)22-15-23(31)17(2)13-24(22)38-27(28)18-8-10-20(30)11-9-18/h5-11,13-15H,3-4,12,16H2,1-2H3,(H,32,33). The minimum Gasteiger partial charge on any atom is -0.476 e. The Morgan fingerprint density at radius 3 is 2.53 bits per heavy atom. The number of hydrogen-bond donors (Lipinski definition) is 1. The molecule has 0 atom stereocenters. The van der Waals surface area contributed by atoms with Crippen LogP contribution in [0.5, 0.6) is 5.75 Å². The summed E-state index contributed by atoms with van der Waals surface area (Å²) in [6.45, 7) is 3.65. The largest absolute Gasteiger partial charge is 0.476 e. The smallest absolute Gasteiger partial charge is 0.338 e. The van der Waals surface area contributed by atoms with Crippen molar-refractivity contribution in [1.82, 2.24) is 0 Å². The van der Waals surface area contributed by atoms with E-state index >= 15 is 0 Å². The summed E-state index contributed by atoms with van der Waals surface area (Å²) in [5, 5.41) is 3.81. The van der Waals surface area contributed by atoms with Crippen molar-refractivity contribution in [2.24, 2.45) is 0 Å². The highest BCUT2D eigenvalue weighted by Crippen LogP contribution is 2.33. The number of amides is 1. The fraction of sp³-hybridized carbons (Fsp3) is 0.207. The number of ether oxygens (including phenoxy) is 2. The molecule has 7 nitrogen and oxygen atoms in total. The van der Waals surface area contributed by atoms with Crippen molar-refractivity contribution >= 4 is 51.7 Å². The van der Waals surface area contributed by atoms with E-state index in [1.54, 1.807) is 55.5 Å². The summed E-state index contributed by atoms with van der Waals surface area (Å²) in [6, 6.07) is 16.3. The van der Waals surface area contributed by atoms with E-state index in [9.17, 15) is 14.4 Å². The van der Waals surface area contributed by atoms with E-state index in [-0.39, 0.29) is 16.9 Å². The summed E-state index contributed by atoms with van der Waals surface area (Å²) >= 11 is 12.3. The van der Waals surface area contributed by atoms with Crippen molar-refractivity contribution in [3.8, 4) is 17.1 Å². The first-order valence-electron chi connectivity index (χ1n) is 12.0. The van der Waals surface area contributed by atoms with Gasteiger partial charge >= 0.3 is 5.97 Å². The highest BCUT2D eigenvalue weighted by molar-refractivity contribution is 6.32. The first kappa shape index (κ1) is 27.2. The number of aryl methyl sites for hydroxylation is 1. The quantitative estimate of drug-likeness (QED) is 0.176. The predicted molar refractivity (Wildman–Crippen MR) is 148 cm³/mol. The molecule has 1 N–H and O–H groups in total. The molecule has 0 aliphatic carbocycles. The molecule has 4 aromatic rings. The molecule has 0 saturated carbocycles. The summed E-state index contributed by atoms with van der Waals surface area (Å²) in [5.74, 6) is -0.986. The summed E-state index contributed by atoms with van der Waals surface area (Å²) < 4.78 is 17.0. The second-order valence-corrected chi connectivity index (χ2v) is 9.44. The van der Waals surface area contributed by atoms with Crippen LogP contribution in [0.15, 0.2) is 69.9 Å². The molecular weight excluding hydrogens is 529 g/mol. The summed E-state index contributed by atoms with van der Waals surface area (Å²) in [5.41, 5.74) is 1.85. The van der Waals surface area contributed by atoms with Crippen molar-refractivity contribution < 1.29 is 23.5 Å². The molecule has 0 aliphatic heterocycles. The maximum Gasteiger partial charge on any atom is 0.338 e. The first-order valence-corrected chi connectivity index (χ1v) is 12.7. The van der Waals surface area contributed by atoms with Gasteiger partial charge in [0.25, 0.3) is 5.91 Å². The predicted octanol–water partition coefficient (Wildman–Crippen LogP) is 7.05. The molecule has 0 unspecified atom stereocenters. The average Bonchev–Trinajstić information content (AvgIpc) is 2.90. The highest BCUT2D eigenvalue weighted by atomic mass is 35.5. The third kappa shape index (κ3) is 6.36. The van der Waals surface area contributed by atoms with Gasteiger partial charge in [0.2, 0.25) is 11.2 Å². The normalized spacial score (nSPS) is 10.8. The van der Waals surface area contributed by atoms with Crippen molar-refractivity contribution in [3.63, 3.8) is 0 Å². The Balaban J connectivity index is 1.58. The zero-order valence-electron chi connectivity index (χ0n) is 20.8. The molecule has 0 bridgehead atoms. The molecular formula is C29H25Cl2NO6. The van der Waals surface area contributed by atoms with Crippen molar-refractivity contribution in [2.45, 2.75) is 26.7 Å². The number of benzene rings is 3. The van der Waals surface area contributed by atoms with Gasteiger partial charge in [-0.05, 0) is 73.5 Å². The molecule has 1 heterocycles. The van der Waals surface area contributed by atoms with Gasteiger partial charge in [-0.1, -0.05) is 42.6 Å². The average molecular weight is 554 g/mol. The minimum atomic E-state index is -0.537. The molecule has 196 valence electrons. The fourth-order valence-corrected chi connectivity index (χ4v) is 3.96. The van der Waals surface area contributed by atoms with Crippen molar-refractivity contribution in [3.05, 3.63) is 92.1 Å². The van der Waals surface area contributed by atoms with Crippen molar-refractivity contribution in [1.29, 1.82) is 0 Å². The van der Waals surface area contributed by atoms with E-state index < -0.39 is 23.9 Å². The number of carbonyl (C=O) groups excluding carboxylic acids is 2. The van der Waals surface area contributed by atoms with Crippen LogP contribution in [0.25, 0.3) is 22.3 Å². The Morgan fingerprint density at radius 2 is 1.79 bits per heavy atom. The molecule has 3 aromatic carbocycles. The highest BCUT2D eigenvalue weighted by Gasteiger charge is 2.20. The SMILES string of the molecule is CCCCOC(=O)c1cccc(NC(=O)COc2c(-c3ccc(Cl)cc3)oc3cc(C)c(Cl)cc3c2=O)c1. The second kappa shape index (κ2) is 12.2. The molecule has 0 radical (unpaired) electrons. The second-order valence-electron chi connectivity index (χ2n) is 8.60. The van der Waals surface area contributed by atoms with Gasteiger partial charge in [0.15, 0.2) is 12.4 Å². The lowest BCUT2D eigenvalue weighted by Crippen LogP contribution is -2.23. The topological polar surface area (TPSA) is 94.8 Å². The van der Waals surface area contributed by atoms with Gasteiger partial charge in [0.1, 0.15) is 5.58 Å². The van der Waals surface area contributed by atoms with E-state index in [0.29, 0.717) is 39.0 Å². The van der Waals surface area contributed by atoms with Gasteiger partial charge in [0, 0.05) is 21.3 Å². The summed E-state index contributed by atoms with van der Waals surface area (Å²) in [7, 11) is 0. The van der Waals surface area contributed by atoms with Crippen LogP contribution < -0.4 is 15.5 Å². The minimum absolute atomic E-state index is 0.136. The Morgan fingerprint density at radius 1 is 1.03 bits per heavy atom. The van der Waals surface area contributed by atoms with Crippen LogP contribution in [0.1, 0.15) is 35.7 Å². The van der Waals surface area contributed by atoms with Gasteiger partial charge in [-0.3, -0.25) is 9.59 Å². The van der Waals surface area contributed by atoms with Crippen LogP contribution in [0.4, 0.5) is 5.69 Å². The van der Waals surface area contributed by atoms with Gasteiger partial charge in [0.05, 0.1) is 17.6 Å². The monoisotopic (exact) mass is 553 g/mol. The number of hydrogen-bond acceptors (Lipinski definition) is 6. The van der Waals surface area contributed by atoms with Crippen LogP contribution >= 0.6 is 23.2 Å². The summed E-state index contributed by atoms with van der Waals surface area (Å²) in [6.07, 6.45) is 1.68. The molecule has 38 heavy (non-hydrogen) atoms. The van der Waals surface area contributed by atoms with Gasteiger partial charge in [-0.25, -0.2) is 4.79 Å². The lowest BCUT2D eigenvalue weighted by Gasteiger charge is -2.13. The molecule has 4 rings (SSSR count). The van der Waals surface area contributed by atoms with Crippen LogP contribution in [-0.2, 0) is 9.53 Å². The molecule has 0 saturated heterocycles. The van der Waals surface area contributed by atoms with E-state index in [0.717, 1.165) is 18.4 Å². The lowest BCUT2D eigenvalue weighted by molar-refractivity contribution is -0.118. The summed E-state index contributed by atoms with van der Waals surface area (Å²) in [4.78, 5) is 38.3. The molecule has 9 heteroatoms. The third-order valence-corrected chi connectivity index (χ3v) is 6.36. The lowest BCUT2D eigenvalue weighted by atomic mass is 10.1. The maximum atomic E-state index is 13.4. The zero-order chi connectivity index (χ0) is 27.2. The number of fused-ring (bicyclic) bond motifs is 1. The number of carbonyl (C=O) groups is 2. The molecule has 0 fully saturated rings. The number of unbranched alkanes of at least 4 members (excludes halogenated alkanes) is 1. The van der Waals surface area contributed by atoms with Crippen LogP contribution in [0, 0.1) is 6.92 Å².